The third kappa shape index (κ3) is 36.5. The van der Waals surface area contributed by atoms with Gasteiger partial charge in [-0.3, -0.25) is 4.79 Å². The molecule has 1 rings (SSSR count). The molecule has 1 aliphatic heterocycles. The molecule has 0 aromatic heterocycles. The zero-order valence-electron chi connectivity index (χ0n) is 43.8. The number of ether oxygens (including phenoxy) is 2. The van der Waals surface area contributed by atoms with Gasteiger partial charge in [0.15, 0.2) is 6.29 Å². The van der Waals surface area contributed by atoms with E-state index in [1.165, 1.54) is 218 Å². The normalized spacial score (nSPS) is 20.1. The number of nitrogens with one attached hydrogen (secondary N) is 1. The Bertz CT molecular complexity index is 1080. The number of carbonyl (C=O) groups excluding carboxylic acids is 1. The summed E-state index contributed by atoms with van der Waals surface area (Å²) in [7, 11) is 0. The van der Waals surface area contributed by atoms with Gasteiger partial charge < -0.3 is 45.4 Å². The van der Waals surface area contributed by atoms with Crippen LogP contribution in [0.4, 0.5) is 0 Å². The van der Waals surface area contributed by atoms with Gasteiger partial charge in [-0.15, -0.1) is 0 Å². The van der Waals surface area contributed by atoms with E-state index in [0.29, 0.717) is 6.42 Å². The average Bonchev–Trinajstić information content (AvgIpc) is 3.33. The minimum absolute atomic E-state index is 0.301. The number of rotatable bonds is 50. The van der Waals surface area contributed by atoms with Crippen LogP contribution < -0.4 is 5.32 Å². The number of hydrogen-bond donors (Lipinski definition) is 7. The summed E-state index contributed by atoms with van der Waals surface area (Å²) in [4.78, 5) is 13.1. The van der Waals surface area contributed by atoms with Crippen LogP contribution in [0.1, 0.15) is 284 Å². The molecule has 1 aliphatic rings. The highest BCUT2D eigenvalue weighted by Gasteiger charge is 2.44. The van der Waals surface area contributed by atoms with Crippen LogP contribution >= 0.6 is 0 Å². The van der Waals surface area contributed by atoms with E-state index in [4.69, 9.17) is 9.47 Å². The molecule has 7 N–H and O–H groups in total. The summed E-state index contributed by atoms with van der Waals surface area (Å²) in [5, 5.41) is 64.8. The Morgan fingerprint density at radius 3 is 1.21 bits per heavy atom. The van der Waals surface area contributed by atoms with E-state index in [2.05, 4.69) is 19.2 Å². The molecule has 10 nitrogen and oxygen atoms in total. The van der Waals surface area contributed by atoms with Gasteiger partial charge in [0, 0.05) is 0 Å². The lowest BCUT2D eigenvalue weighted by Gasteiger charge is -2.40. The molecule has 67 heavy (non-hydrogen) atoms. The number of unbranched alkanes of at least 4 members (excludes halogenated alkanes) is 39. The average molecular weight is 955 g/mol. The maximum atomic E-state index is 13.1. The number of hydrogen-bond acceptors (Lipinski definition) is 9. The number of allylic oxidation sites excluding steroid dienone is 1. The summed E-state index contributed by atoms with van der Waals surface area (Å²) in [5.74, 6) is -0.612. The number of aliphatic hydroxyl groups excluding tert-OH is 6. The molecule has 0 saturated carbocycles. The Labute approximate surface area is 412 Å². The van der Waals surface area contributed by atoms with Crippen molar-refractivity contribution in [1.82, 2.24) is 5.32 Å². The molecule has 0 bridgehead atoms. The molecule has 1 fully saturated rings. The van der Waals surface area contributed by atoms with Crippen LogP contribution in [0.2, 0.25) is 0 Å². The molecule has 8 atom stereocenters. The molecule has 0 aliphatic carbocycles. The second-order valence-corrected chi connectivity index (χ2v) is 20.6. The van der Waals surface area contributed by atoms with Crippen molar-refractivity contribution in [3.63, 3.8) is 0 Å². The Morgan fingerprint density at radius 1 is 0.507 bits per heavy atom. The van der Waals surface area contributed by atoms with E-state index < -0.39 is 61.5 Å². The van der Waals surface area contributed by atoms with Crippen LogP contribution in [0.5, 0.6) is 0 Å². The Kier molecular flexibility index (Phi) is 45.0. The first kappa shape index (κ1) is 63.9. The van der Waals surface area contributed by atoms with Crippen LogP contribution in [0.3, 0.4) is 0 Å². The van der Waals surface area contributed by atoms with Gasteiger partial charge in [-0.2, -0.15) is 0 Å². The van der Waals surface area contributed by atoms with Crippen molar-refractivity contribution in [2.75, 3.05) is 13.2 Å². The second-order valence-electron chi connectivity index (χ2n) is 20.6. The van der Waals surface area contributed by atoms with Gasteiger partial charge >= 0.3 is 0 Å². The van der Waals surface area contributed by atoms with E-state index in [0.717, 1.165) is 44.9 Å². The number of amides is 1. The van der Waals surface area contributed by atoms with Crippen molar-refractivity contribution in [3.8, 4) is 0 Å². The van der Waals surface area contributed by atoms with Gasteiger partial charge in [-0.25, -0.2) is 0 Å². The lowest BCUT2D eigenvalue weighted by Crippen LogP contribution is -2.60. The second kappa shape index (κ2) is 47.2. The molecular formula is C57H111NO9. The molecule has 8 unspecified atom stereocenters. The fraction of sp³-hybridized carbons (Fsp3) is 0.947. The van der Waals surface area contributed by atoms with Gasteiger partial charge in [-0.1, -0.05) is 276 Å². The quantitative estimate of drug-likeness (QED) is 0.0232. The summed E-state index contributed by atoms with van der Waals surface area (Å²) in [6.45, 7) is 3.62. The molecule has 0 aromatic rings. The van der Waals surface area contributed by atoms with Crippen LogP contribution in [-0.2, 0) is 14.3 Å². The SMILES string of the molecule is CCCCCCCCCCC/C=C/C(O)C(COC1OC(CO)C(O)C(O)C1O)NC(=O)C(O)CCCCCCCCCCCCCCCCCCCCCCCCCCCCCCCCC. The largest absolute Gasteiger partial charge is 0.394 e. The molecule has 1 amide bonds. The molecule has 0 aromatic carbocycles. The monoisotopic (exact) mass is 954 g/mol. The fourth-order valence-corrected chi connectivity index (χ4v) is 9.52. The molecular weight excluding hydrogens is 843 g/mol. The molecule has 0 spiro atoms. The van der Waals surface area contributed by atoms with E-state index in [9.17, 15) is 35.4 Å². The van der Waals surface area contributed by atoms with Crippen molar-refractivity contribution < 1.29 is 44.9 Å². The molecule has 1 heterocycles. The minimum Gasteiger partial charge on any atom is -0.394 e. The number of aliphatic hydroxyl groups is 6. The first-order valence-corrected chi connectivity index (χ1v) is 29.0. The van der Waals surface area contributed by atoms with Gasteiger partial charge in [0.2, 0.25) is 5.91 Å². The predicted molar refractivity (Wildman–Crippen MR) is 278 cm³/mol. The molecule has 10 heteroatoms. The first-order valence-electron chi connectivity index (χ1n) is 29.0. The third-order valence-electron chi connectivity index (χ3n) is 14.2. The van der Waals surface area contributed by atoms with Crippen LogP contribution in [-0.4, -0.2) is 98.7 Å². The van der Waals surface area contributed by atoms with Crippen LogP contribution in [0, 0.1) is 0 Å². The van der Waals surface area contributed by atoms with Crippen molar-refractivity contribution in [1.29, 1.82) is 0 Å². The summed E-state index contributed by atoms with van der Waals surface area (Å²) >= 11 is 0. The lowest BCUT2D eigenvalue weighted by atomic mass is 9.99. The van der Waals surface area contributed by atoms with Gasteiger partial charge in [0.25, 0.3) is 0 Å². The highest BCUT2D eigenvalue weighted by Crippen LogP contribution is 2.23. The van der Waals surface area contributed by atoms with Crippen molar-refractivity contribution in [2.45, 2.75) is 332 Å². The summed E-state index contributed by atoms with van der Waals surface area (Å²) in [6.07, 6.45) is 47.7. The zero-order chi connectivity index (χ0) is 48.8. The highest BCUT2D eigenvalue weighted by molar-refractivity contribution is 5.80. The maximum absolute atomic E-state index is 13.1. The standard InChI is InChI=1S/C57H111NO9/c1-3-5-7-9-11-13-15-16-17-18-19-20-21-22-23-24-25-26-27-28-29-30-31-32-33-34-36-38-40-42-44-46-51(61)56(65)58-49(48-66-57-55(64)54(63)53(62)52(47-59)67-57)50(60)45-43-41-39-37-35-14-12-10-8-6-4-2/h43,45,49-55,57,59-64H,3-42,44,46-48H2,1-2H3,(H,58,65)/b45-43+. The minimum atomic E-state index is -1.61. The first-order chi connectivity index (χ1) is 32.8. The summed E-state index contributed by atoms with van der Waals surface area (Å²) in [6, 6.07) is -0.975. The van der Waals surface area contributed by atoms with E-state index in [1.54, 1.807) is 6.08 Å². The fourth-order valence-electron chi connectivity index (χ4n) is 9.52. The van der Waals surface area contributed by atoms with E-state index >= 15 is 0 Å². The van der Waals surface area contributed by atoms with Gasteiger partial charge in [-0.05, 0) is 19.3 Å². The van der Waals surface area contributed by atoms with Crippen molar-refractivity contribution in [3.05, 3.63) is 12.2 Å². The summed E-state index contributed by atoms with van der Waals surface area (Å²) in [5.41, 5.74) is 0. The van der Waals surface area contributed by atoms with E-state index in [1.807, 2.05) is 6.08 Å². The topological polar surface area (TPSA) is 169 Å². The lowest BCUT2D eigenvalue weighted by molar-refractivity contribution is -0.302. The van der Waals surface area contributed by atoms with Gasteiger partial charge in [0.1, 0.15) is 30.5 Å². The van der Waals surface area contributed by atoms with Crippen molar-refractivity contribution in [2.24, 2.45) is 0 Å². The van der Waals surface area contributed by atoms with Crippen molar-refractivity contribution >= 4 is 5.91 Å². The summed E-state index contributed by atoms with van der Waals surface area (Å²) < 4.78 is 11.2. The Morgan fingerprint density at radius 2 is 0.851 bits per heavy atom. The molecule has 398 valence electrons. The third-order valence-corrected chi connectivity index (χ3v) is 14.2. The Balaban J connectivity index is 2.12. The van der Waals surface area contributed by atoms with Crippen LogP contribution in [0.25, 0.3) is 0 Å². The van der Waals surface area contributed by atoms with E-state index in [-0.39, 0.29) is 6.61 Å². The predicted octanol–water partition coefficient (Wildman–Crippen LogP) is 13.0. The smallest absolute Gasteiger partial charge is 0.249 e. The molecule has 1 saturated heterocycles. The maximum Gasteiger partial charge on any atom is 0.249 e. The number of carbonyl (C=O) groups is 1. The zero-order valence-corrected chi connectivity index (χ0v) is 43.8. The highest BCUT2D eigenvalue weighted by atomic mass is 16.7. The van der Waals surface area contributed by atoms with Gasteiger partial charge in [0.05, 0.1) is 25.4 Å². The Hall–Kier alpha value is -1.11. The molecule has 0 radical (unpaired) electrons. The van der Waals surface area contributed by atoms with Crippen LogP contribution in [0.15, 0.2) is 12.2 Å².